The van der Waals surface area contributed by atoms with Crippen LogP contribution in [-0.4, -0.2) is 61.9 Å². The van der Waals surface area contributed by atoms with Crippen molar-refractivity contribution in [2.75, 3.05) is 30.5 Å². The SMILES string of the molecule is CCCCC[N+]1=C(/C=C/C2=C(Cl)C(=C/C=C3/N(CCCCS(=O)(=O)O)c4ccc(S(=O)(=O)O)cc4C3(C)C)/OCO2)C(C)(C)c2ccccc21. The van der Waals surface area contributed by atoms with Gasteiger partial charge in [0.15, 0.2) is 5.71 Å². The van der Waals surface area contributed by atoms with Crippen molar-refractivity contribution in [2.24, 2.45) is 0 Å². The van der Waals surface area contributed by atoms with Gasteiger partial charge in [0.25, 0.3) is 20.2 Å². The van der Waals surface area contributed by atoms with Crippen molar-refractivity contribution >= 4 is 48.9 Å². The van der Waals surface area contributed by atoms with E-state index in [0.29, 0.717) is 30.0 Å². The molecule has 270 valence electrons. The van der Waals surface area contributed by atoms with Gasteiger partial charge in [0.05, 0.1) is 16.1 Å². The van der Waals surface area contributed by atoms with E-state index in [0.717, 1.165) is 42.9 Å². The van der Waals surface area contributed by atoms with Crippen molar-refractivity contribution in [1.82, 2.24) is 0 Å². The number of nitrogens with zero attached hydrogens (tertiary/aromatic N) is 2. The lowest BCUT2D eigenvalue weighted by Crippen LogP contribution is -2.28. The first-order valence-electron chi connectivity index (χ1n) is 16.8. The van der Waals surface area contributed by atoms with Gasteiger partial charge in [0, 0.05) is 47.5 Å². The number of hydrogen-bond donors (Lipinski definition) is 2. The number of benzene rings is 2. The average molecular weight is 746 g/mol. The standard InChI is InChI=1S/C37H45ClN2O8S2/c1-6-7-10-21-39-29-14-9-8-13-27(29)36(2,3)33(39)19-17-31-35(38)32(48-25-47-31)18-20-34-37(4,5)28-24-26(50(44,45)46)15-16-30(28)40(34)22-11-12-23-49(41,42)43/h8-9,13-20,24H,6-7,10-12,21-23,25H2,1-5H3,(H-,41,42,43,44,45,46)/p+1. The maximum atomic E-state index is 12.0. The van der Waals surface area contributed by atoms with Crippen molar-refractivity contribution < 1.29 is 40.0 Å². The maximum absolute atomic E-state index is 12.0. The molecule has 0 aliphatic carbocycles. The largest absolute Gasteiger partial charge is 0.456 e. The van der Waals surface area contributed by atoms with Gasteiger partial charge in [0.1, 0.15) is 23.1 Å². The van der Waals surface area contributed by atoms with Crippen LogP contribution in [0.25, 0.3) is 0 Å². The number of allylic oxidation sites excluding steroid dienone is 6. The Morgan fingerprint density at radius 3 is 2.34 bits per heavy atom. The lowest BCUT2D eigenvalue weighted by Gasteiger charge is -2.27. The molecular weight excluding hydrogens is 700 g/mol. The van der Waals surface area contributed by atoms with Gasteiger partial charge < -0.3 is 14.4 Å². The number of halogens is 1. The van der Waals surface area contributed by atoms with E-state index in [-0.39, 0.29) is 34.3 Å². The average Bonchev–Trinajstić information content (AvgIpc) is 3.39. The molecule has 2 aromatic carbocycles. The zero-order valence-electron chi connectivity index (χ0n) is 29.1. The van der Waals surface area contributed by atoms with Gasteiger partial charge in [-0.2, -0.15) is 21.4 Å². The zero-order chi connectivity index (χ0) is 36.5. The summed E-state index contributed by atoms with van der Waals surface area (Å²) in [5, 5.41) is 0.289. The number of fused-ring (bicyclic) bond motifs is 2. The molecule has 0 saturated carbocycles. The minimum atomic E-state index is -4.45. The molecule has 0 radical (unpaired) electrons. The first-order chi connectivity index (χ1) is 23.5. The molecule has 2 N–H and O–H groups in total. The summed E-state index contributed by atoms with van der Waals surface area (Å²) in [6.45, 7) is 11.7. The molecule has 2 aromatic rings. The lowest BCUT2D eigenvalue weighted by atomic mass is 9.81. The van der Waals surface area contributed by atoms with E-state index < -0.39 is 25.7 Å². The van der Waals surface area contributed by atoms with Crippen molar-refractivity contribution in [3.63, 3.8) is 0 Å². The van der Waals surface area contributed by atoms with Crippen LogP contribution in [0.2, 0.25) is 0 Å². The summed E-state index contributed by atoms with van der Waals surface area (Å²) in [5.74, 6) is 0.482. The molecule has 3 aliphatic rings. The van der Waals surface area contributed by atoms with Crippen molar-refractivity contribution in [2.45, 2.75) is 82.4 Å². The van der Waals surface area contributed by atoms with E-state index in [4.69, 9.17) is 21.1 Å². The third kappa shape index (κ3) is 7.89. The Kier molecular flexibility index (Phi) is 11.1. The molecule has 0 unspecified atom stereocenters. The number of para-hydroxylation sites is 1. The van der Waals surface area contributed by atoms with E-state index >= 15 is 0 Å². The van der Waals surface area contributed by atoms with Crippen LogP contribution in [0.15, 0.2) is 93.9 Å². The van der Waals surface area contributed by atoms with Gasteiger partial charge in [-0.1, -0.05) is 57.0 Å². The number of anilines is 1. The third-order valence-corrected chi connectivity index (χ3v) is 11.7. The summed E-state index contributed by atoms with van der Waals surface area (Å²) in [5.41, 5.74) is 4.84. The summed E-state index contributed by atoms with van der Waals surface area (Å²) in [6.07, 6.45) is 11.6. The van der Waals surface area contributed by atoms with Crippen LogP contribution in [0.4, 0.5) is 11.4 Å². The Morgan fingerprint density at radius 2 is 1.64 bits per heavy atom. The van der Waals surface area contributed by atoms with Crippen LogP contribution >= 0.6 is 11.6 Å². The Balaban J connectivity index is 1.49. The van der Waals surface area contributed by atoms with Crippen LogP contribution < -0.4 is 4.90 Å². The Hall–Kier alpha value is -3.42. The number of rotatable bonds is 13. The second-order valence-electron chi connectivity index (χ2n) is 13.8. The van der Waals surface area contributed by atoms with E-state index in [1.165, 1.54) is 23.4 Å². The summed E-state index contributed by atoms with van der Waals surface area (Å²) in [7, 11) is -8.56. The number of ether oxygens (including phenoxy) is 2. The molecule has 13 heteroatoms. The molecule has 3 aliphatic heterocycles. The molecule has 0 atom stereocenters. The molecule has 50 heavy (non-hydrogen) atoms. The highest BCUT2D eigenvalue weighted by molar-refractivity contribution is 7.86. The number of unbranched alkanes of at least 4 members (excludes halogenated alkanes) is 3. The van der Waals surface area contributed by atoms with E-state index in [2.05, 4.69) is 55.7 Å². The summed E-state index contributed by atoms with van der Waals surface area (Å²) in [4.78, 5) is 1.76. The first kappa shape index (κ1) is 37.8. The Morgan fingerprint density at radius 1 is 0.900 bits per heavy atom. The van der Waals surface area contributed by atoms with Crippen LogP contribution in [-0.2, 0) is 40.5 Å². The molecule has 0 saturated heterocycles. The number of hydrogen-bond acceptors (Lipinski definition) is 7. The van der Waals surface area contributed by atoms with E-state index in [1.807, 2.05) is 30.9 Å². The Bertz CT molecular complexity index is 2030. The monoisotopic (exact) mass is 745 g/mol. The second kappa shape index (κ2) is 14.7. The summed E-state index contributed by atoms with van der Waals surface area (Å²) < 4.78 is 79.7. The van der Waals surface area contributed by atoms with Gasteiger partial charge in [0.2, 0.25) is 12.5 Å². The predicted molar refractivity (Wildman–Crippen MR) is 196 cm³/mol. The molecule has 0 amide bonds. The van der Waals surface area contributed by atoms with Gasteiger partial charge in [-0.05, 0) is 75.1 Å². The van der Waals surface area contributed by atoms with E-state index in [1.54, 1.807) is 12.1 Å². The maximum Gasteiger partial charge on any atom is 0.294 e. The summed E-state index contributed by atoms with van der Waals surface area (Å²) >= 11 is 6.90. The second-order valence-corrected chi connectivity index (χ2v) is 17.2. The summed E-state index contributed by atoms with van der Waals surface area (Å²) in [6, 6.07) is 12.9. The molecule has 0 aromatic heterocycles. The molecule has 10 nitrogen and oxygen atoms in total. The highest BCUT2D eigenvalue weighted by Crippen LogP contribution is 2.49. The molecule has 0 fully saturated rings. The fourth-order valence-corrected chi connectivity index (χ4v) is 8.28. The quantitative estimate of drug-likeness (QED) is 0.120. The lowest BCUT2D eigenvalue weighted by molar-refractivity contribution is -0.438. The van der Waals surface area contributed by atoms with Crippen molar-refractivity contribution in [3.8, 4) is 0 Å². The Labute approximate surface area is 300 Å². The molecule has 0 bridgehead atoms. The highest BCUT2D eigenvalue weighted by atomic mass is 35.5. The van der Waals surface area contributed by atoms with Crippen LogP contribution in [0, 0.1) is 0 Å². The normalized spacial score (nSPS) is 20.1. The first-order valence-corrected chi connectivity index (χ1v) is 20.2. The fourth-order valence-electron chi connectivity index (χ4n) is 6.97. The van der Waals surface area contributed by atoms with Crippen molar-refractivity contribution in [1.29, 1.82) is 0 Å². The molecular formula is C37H46ClN2O8S2+. The topological polar surface area (TPSA) is 133 Å². The minimum Gasteiger partial charge on any atom is -0.456 e. The van der Waals surface area contributed by atoms with Gasteiger partial charge in [-0.15, -0.1) is 0 Å². The predicted octanol–water partition coefficient (Wildman–Crippen LogP) is 7.74. The fraction of sp³-hybridized carbons (Fsp3) is 0.432. The minimum absolute atomic E-state index is 0.0508. The van der Waals surface area contributed by atoms with Crippen LogP contribution in [0.3, 0.4) is 0 Å². The van der Waals surface area contributed by atoms with Crippen LogP contribution in [0.5, 0.6) is 0 Å². The highest BCUT2D eigenvalue weighted by Gasteiger charge is 2.44. The van der Waals surface area contributed by atoms with E-state index in [9.17, 15) is 25.9 Å². The third-order valence-electron chi connectivity index (χ3n) is 9.63. The van der Waals surface area contributed by atoms with Crippen LogP contribution in [0.1, 0.15) is 77.8 Å². The van der Waals surface area contributed by atoms with Gasteiger partial charge >= 0.3 is 0 Å². The van der Waals surface area contributed by atoms with Gasteiger partial charge in [-0.3, -0.25) is 9.11 Å². The van der Waals surface area contributed by atoms with Gasteiger partial charge in [-0.25, -0.2) is 0 Å². The zero-order valence-corrected chi connectivity index (χ0v) is 31.5. The molecule has 3 heterocycles. The molecule has 5 rings (SSSR count). The molecule has 0 spiro atoms. The smallest absolute Gasteiger partial charge is 0.294 e. The van der Waals surface area contributed by atoms with Crippen molar-refractivity contribution in [3.05, 3.63) is 100 Å².